The van der Waals surface area contributed by atoms with E-state index in [1.165, 1.54) is 5.56 Å². The van der Waals surface area contributed by atoms with Gasteiger partial charge in [-0.15, -0.1) is 11.3 Å². The monoisotopic (exact) mass is 401 g/mol. The molecule has 0 saturated heterocycles. The molecule has 1 aromatic heterocycles. The Balaban J connectivity index is 1.49. The number of aliphatic carboxylic acids is 1. The molecule has 2 aromatic carbocycles. The molecule has 148 valence electrons. The van der Waals surface area contributed by atoms with E-state index in [0.717, 1.165) is 33.0 Å². The van der Waals surface area contributed by atoms with Crippen LogP contribution in [0.4, 0.5) is 0 Å². The van der Waals surface area contributed by atoms with Gasteiger partial charge < -0.3 is 19.3 Å². The molecule has 6 nitrogen and oxygen atoms in total. The summed E-state index contributed by atoms with van der Waals surface area (Å²) in [6.07, 6.45) is 1.03. The number of carbonyl (C=O) groups is 1. The van der Waals surface area contributed by atoms with Gasteiger partial charge in [-0.3, -0.25) is 0 Å². The van der Waals surface area contributed by atoms with Crippen molar-refractivity contribution in [3.05, 3.63) is 48.0 Å². The molecule has 0 aliphatic rings. The van der Waals surface area contributed by atoms with Crippen molar-refractivity contribution < 1.29 is 24.1 Å². The average Bonchev–Trinajstić information content (AvgIpc) is 3.13. The molecule has 3 aromatic rings. The van der Waals surface area contributed by atoms with E-state index >= 15 is 0 Å². The third kappa shape index (κ3) is 5.76. The van der Waals surface area contributed by atoms with Crippen LogP contribution in [0.15, 0.2) is 42.5 Å². The number of ether oxygens (including phenoxy) is 3. The minimum Gasteiger partial charge on any atom is -0.491 e. The van der Waals surface area contributed by atoms with Crippen LogP contribution in [0.3, 0.4) is 0 Å². The van der Waals surface area contributed by atoms with E-state index in [0.29, 0.717) is 19.8 Å². The summed E-state index contributed by atoms with van der Waals surface area (Å²) < 4.78 is 17.0. The second kappa shape index (κ2) is 10.2. The van der Waals surface area contributed by atoms with Crippen molar-refractivity contribution in [1.29, 1.82) is 0 Å². The second-order valence-corrected chi connectivity index (χ2v) is 7.14. The van der Waals surface area contributed by atoms with Crippen molar-refractivity contribution in [1.82, 2.24) is 4.98 Å². The number of rotatable bonds is 11. The molecule has 28 heavy (non-hydrogen) atoms. The summed E-state index contributed by atoms with van der Waals surface area (Å²) >= 11 is 1.65. The molecule has 3 rings (SSSR count). The van der Waals surface area contributed by atoms with Crippen molar-refractivity contribution in [2.24, 2.45) is 0 Å². The number of hydrogen-bond donors (Lipinski definition) is 1. The quantitative estimate of drug-likeness (QED) is 0.489. The van der Waals surface area contributed by atoms with Crippen LogP contribution >= 0.6 is 11.3 Å². The van der Waals surface area contributed by atoms with Gasteiger partial charge in [0.1, 0.15) is 24.0 Å². The molecule has 0 aliphatic carbocycles. The van der Waals surface area contributed by atoms with Crippen LogP contribution in [0.5, 0.6) is 5.75 Å². The van der Waals surface area contributed by atoms with E-state index in [2.05, 4.69) is 31.2 Å². The Hall–Kier alpha value is -2.48. The largest absolute Gasteiger partial charge is 0.491 e. The van der Waals surface area contributed by atoms with Gasteiger partial charge in [0.2, 0.25) is 0 Å². The molecule has 0 radical (unpaired) electrons. The molecule has 7 heteroatoms. The Morgan fingerprint density at radius 1 is 1.04 bits per heavy atom. The van der Waals surface area contributed by atoms with Crippen molar-refractivity contribution in [3.8, 4) is 16.3 Å². The lowest BCUT2D eigenvalue weighted by atomic mass is 10.1. The predicted octanol–water partition coefficient (Wildman–Crippen LogP) is 4.02. The van der Waals surface area contributed by atoms with Crippen molar-refractivity contribution >= 4 is 27.5 Å². The van der Waals surface area contributed by atoms with Crippen LogP contribution in [0, 0.1) is 0 Å². The number of aryl methyl sites for hydroxylation is 1. The molecular weight excluding hydrogens is 378 g/mol. The number of carboxylic acid groups (broad SMARTS) is 1. The summed E-state index contributed by atoms with van der Waals surface area (Å²) in [6, 6.07) is 14.4. The van der Waals surface area contributed by atoms with Crippen molar-refractivity contribution in [2.45, 2.75) is 13.3 Å². The smallest absolute Gasteiger partial charge is 0.329 e. The lowest BCUT2D eigenvalue weighted by molar-refractivity contribution is -0.142. The Labute approximate surface area is 167 Å². The fourth-order valence-corrected chi connectivity index (χ4v) is 3.60. The van der Waals surface area contributed by atoms with Gasteiger partial charge in [-0.05, 0) is 30.2 Å². The first-order valence-corrected chi connectivity index (χ1v) is 9.97. The van der Waals surface area contributed by atoms with E-state index in [1.54, 1.807) is 11.3 Å². The first-order valence-electron chi connectivity index (χ1n) is 9.15. The Morgan fingerprint density at radius 2 is 1.79 bits per heavy atom. The molecule has 1 heterocycles. The zero-order valence-corrected chi connectivity index (χ0v) is 16.5. The molecule has 0 fully saturated rings. The van der Waals surface area contributed by atoms with E-state index in [1.807, 2.05) is 18.2 Å². The summed E-state index contributed by atoms with van der Waals surface area (Å²) in [4.78, 5) is 15.0. The molecule has 0 spiro atoms. The van der Waals surface area contributed by atoms with Crippen LogP contribution < -0.4 is 4.74 Å². The molecule has 0 atom stereocenters. The fraction of sp³-hybridized carbons (Fsp3) is 0.333. The number of carboxylic acids is 1. The summed E-state index contributed by atoms with van der Waals surface area (Å²) in [5, 5.41) is 9.45. The van der Waals surface area contributed by atoms with Crippen molar-refractivity contribution in [2.75, 3.05) is 33.0 Å². The average molecular weight is 401 g/mol. The summed E-state index contributed by atoms with van der Waals surface area (Å²) in [7, 11) is 0. The Bertz CT molecular complexity index is 907. The molecule has 0 unspecified atom stereocenters. The fourth-order valence-electron chi connectivity index (χ4n) is 2.60. The maximum Gasteiger partial charge on any atom is 0.329 e. The molecule has 0 saturated carbocycles. The molecule has 0 aliphatic heterocycles. The number of thiazole rings is 1. The highest BCUT2D eigenvalue weighted by Gasteiger charge is 2.07. The maximum absolute atomic E-state index is 10.3. The van der Waals surface area contributed by atoms with E-state index in [9.17, 15) is 4.79 Å². The highest BCUT2D eigenvalue weighted by molar-refractivity contribution is 7.21. The standard InChI is InChI=1S/C21H23NO5S/c1-2-15-3-5-16(6-4-15)21-22-18-8-7-17(13-19(18)28-21)27-12-11-25-9-10-26-14-20(23)24/h3-8,13H,2,9-12,14H2,1H3,(H,23,24). The third-order valence-corrected chi connectivity index (χ3v) is 5.13. The first kappa shape index (κ1) is 20.3. The molecule has 1 N–H and O–H groups in total. The van der Waals surface area contributed by atoms with Crippen LogP contribution in [0.25, 0.3) is 20.8 Å². The van der Waals surface area contributed by atoms with Crippen LogP contribution in [0.1, 0.15) is 12.5 Å². The van der Waals surface area contributed by atoms with Gasteiger partial charge in [-0.1, -0.05) is 31.2 Å². The SMILES string of the molecule is CCc1ccc(-c2nc3ccc(OCCOCCOCC(=O)O)cc3s2)cc1. The number of benzene rings is 2. The Kier molecular flexibility index (Phi) is 7.36. The van der Waals surface area contributed by atoms with Gasteiger partial charge in [0.25, 0.3) is 0 Å². The lowest BCUT2D eigenvalue weighted by Gasteiger charge is -2.07. The van der Waals surface area contributed by atoms with Crippen molar-refractivity contribution in [3.63, 3.8) is 0 Å². The second-order valence-electron chi connectivity index (χ2n) is 6.11. The lowest BCUT2D eigenvalue weighted by Crippen LogP contribution is -2.13. The number of nitrogens with zero attached hydrogens (tertiary/aromatic N) is 1. The van der Waals surface area contributed by atoms with Gasteiger partial charge in [0.05, 0.1) is 30.0 Å². The predicted molar refractivity (Wildman–Crippen MR) is 109 cm³/mol. The normalized spacial score (nSPS) is 11.0. The molecule has 0 bridgehead atoms. The first-order chi connectivity index (χ1) is 13.7. The van der Waals surface area contributed by atoms with Crippen LogP contribution in [-0.4, -0.2) is 49.1 Å². The zero-order chi connectivity index (χ0) is 19.8. The van der Waals surface area contributed by atoms with Gasteiger partial charge >= 0.3 is 5.97 Å². The van der Waals surface area contributed by atoms with Gasteiger partial charge in [-0.2, -0.15) is 0 Å². The van der Waals surface area contributed by atoms with E-state index < -0.39 is 5.97 Å². The van der Waals surface area contributed by atoms with E-state index in [-0.39, 0.29) is 13.2 Å². The maximum atomic E-state index is 10.3. The summed E-state index contributed by atoms with van der Waals surface area (Å²) in [5.41, 5.74) is 3.40. The minimum absolute atomic E-state index is 0.251. The zero-order valence-electron chi connectivity index (χ0n) is 15.7. The van der Waals surface area contributed by atoms with Gasteiger partial charge in [0.15, 0.2) is 0 Å². The highest BCUT2D eigenvalue weighted by Crippen LogP contribution is 2.32. The Morgan fingerprint density at radius 3 is 2.54 bits per heavy atom. The number of hydrogen-bond acceptors (Lipinski definition) is 6. The topological polar surface area (TPSA) is 77.9 Å². The van der Waals surface area contributed by atoms with Gasteiger partial charge in [0, 0.05) is 5.56 Å². The van der Waals surface area contributed by atoms with Crippen LogP contribution in [0.2, 0.25) is 0 Å². The molecule has 0 amide bonds. The number of aromatic nitrogens is 1. The van der Waals surface area contributed by atoms with Crippen LogP contribution in [-0.2, 0) is 20.7 Å². The highest BCUT2D eigenvalue weighted by atomic mass is 32.1. The van der Waals surface area contributed by atoms with E-state index in [4.69, 9.17) is 24.3 Å². The summed E-state index contributed by atoms with van der Waals surface area (Å²) in [5.74, 6) is -0.210. The minimum atomic E-state index is -0.983. The summed E-state index contributed by atoms with van der Waals surface area (Å²) in [6.45, 7) is 3.25. The van der Waals surface area contributed by atoms with Gasteiger partial charge in [-0.25, -0.2) is 9.78 Å². The molecular formula is C21H23NO5S. The third-order valence-electron chi connectivity index (χ3n) is 4.06. The number of fused-ring (bicyclic) bond motifs is 1.